The van der Waals surface area contributed by atoms with Crippen LogP contribution in [0.4, 0.5) is 5.69 Å². The van der Waals surface area contributed by atoms with Crippen LogP contribution >= 0.6 is 0 Å². The van der Waals surface area contributed by atoms with Gasteiger partial charge < -0.3 is 9.47 Å². The third-order valence-electron chi connectivity index (χ3n) is 2.98. The summed E-state index contributed by atoms with van der Waals surface area (Å²) in [6.07, 6.45) is 0.274. The fourth-order valence-electron chi connectivity index (χ4n) is 2.14. The normalized spacial score (nSPS) is 29.4. The monoisotopic (exact) mass is 201 g/mol. The Morgan fingerprint density at radius 1 is 1.40 bits per heavy atom. The zero-order chi connectivity index (χ0) is 10.6. The fourth-order valence-corrected chi connectivity index (χ4v) is 2.14. The predicted molar refractivity (Wildman–Crippen MR) is 55.0 cm³/mol. The second kappa shape index (κ2) is 2.53. The van der Waals surface area contributed by atoms with Gasteiger partial charge in [-0.1, -0.05) is 6.07 Å². The molecule has 0 aliphatic carbocycles. The highest BCUT2D eigenvalue weighted by Crippen LogP contribution is 2.54. The quantitative estimate of drug-likeness (QED) is 0.476. The van der Waals surface area contributed by atoms with Crippen molar-refractivity contribution in [2.75, 3.05) is 0 Å². The van der Waals surface area contributed by atoms with Gasteiger partial charge in [0.05, 0.1) is 6.57 Å². The first-order valence-electron chi connectivity index (χ1n) is 4.98. The Kier molecular flexibility index (Phi) is 1.48. The van der Waals surface area contributed by atoms with Crippen LogP contribution in [0.5, 0.6) is 5.75 Å². The summed E-state index contributed by atoms with van der Waals surface area (Å²) in [4.78, 5) is 3.41. The fraction of sp³-hybridized carbons (Fsp3) is 0.417. The van der Waals surface area contributed by atoms with Crippen molar-refractivity contribution in [3.8, 4) is 5.75 Å². The lowest BCUT2D eigenvalue weighted by Gasteiger charge is -2.29. The number of epoxide rings is 1. The van der Waals surface area contributed by atoms with Gasteiger partial charge in [-0.3, -0.25) is 0 Å². The van der Waals surface area contributed by atoms with Crippen LogP contribution in [-0.4, -0.2) is 11.7 Å². The molecule has 1 aromatic carbocycles. The van der Waals surface area contributed by atoms with Crippen molar-refractivity contribution in [3.05, 3.63) is 35.2 Å². The van der Waals surface area contributed by atoms with E-state index in [4.69, 9.17) is 16.0 Å². The summed E-state index contributed by atoms with van der Waals surface area (Å²) in [5, 5.41) is 0. The lowest BCUT2D eigenvalue weighted by atomic mass is 9.94. The molecule has 3 heteroatoms. The highest BCUT2D eigenvalue weighted by Gasteiger charge is 2.56. The first kappa shape index (κ1) is 8.75. The average molecular weight is 201 g/mol. The highest BCUT2D eigenvalue weighted by molar-refractivity contribution is 5.55. The molecule has 2 aliphatic heterocycles. The first-order valence-corrected chi connectivity index (χ1v) is 4.98. The maximum Gasteiger partial charge on any atom is 0.187 e. The van der Waals surface area contributed by atoms with Gasteiger partial charge in [-0.25, -0.2) is 4.85 Å². The molecule has 2 atom stereocenters. The standard InChI is InChI=1S/C12H11NO2/c1-12(2)11-10(14-11)8-6-7(13-3)4-5-9(8)15-12/h4-6,10-11H,1-2H3. The molecule has 2 heterocycles. The molecule has 1 fully saturated rings. The zero-order valence-electron chi connectivity index (χ0n) is 8.65. The molecule has 0 radical (unpaired) electrons. The van der Waals surface area contributed by atoms with E-state index in [0.29, 0.717) is 5.69 Å². The molecule has 0 saturated carbocycles. The number of benzene rings is 1. The van der Waals surface area contributed by atoms with Crippen LogP contribution in [0.2, 0.25) is 0 Å². The first-order chi connectivity index (χ1) is 7.12. The van der Waals surface area contributed by atoms with E-state index in [1.807, 2.05) is 26.0 Å². The summed E-state index contributed by atoms with van der Waals surface area (Å²) >= 11 is 0. The van der Waals surface area contributed by atoms with Crippen LogP contribution in [0.15, 0.2) is 18.2 Å². The molecule has 0 amide bonds. The highest BCUT2D eigenvalue weighted by atomic mass is 16.6. The maximum atomic E-state index is 6.96. The summed E-state index contributed by atoms with van der Waals surface area (Å²) in [6.45, 7) is 11.0. The molecular formula is C12H11NO2. The minimum absolute atomic E-state index is 0.130. The molecule has 76 valence electrons. The van der Waals surface area contributed by atoms with E-state index in [9.17, 15) is 0 Å². The summed E-state index contributed by atoms with van der Waals surface area (Å²) in [5.41, 5.74) is 1.41. The van der Waals surface area contributed by atoms with Crippen molar-refractivity contribution in [2.45, 2.75) is 31.7 Å². The smallest absolute Gasteiger partial charge is 0.187 e. The SMILES string of the molecule is [C-]#[N+]c1ccc2c(c1)C1OC1C(C)(C)O2. The van der Waals surface area contributed by atoms with Gasteiger partial charge in [0.15, 0.2) is 5.69 Å². The molecule has 0 N–H and O–H groups in total. The van der Waals surface area contributed by atoms with Crippen LogP contribution in [0.3, 0.4) is 0 Å². The van der Waals surface area contributed by atoms with E-state index in [-0.39, 0.29) is 17.8 Å². The van der Waals surface area contributed by atoms with Gasteiger partial charge in [0.1, 0.15) is 23.6 Å². The zero-order valence-corrected chi connectivity index (χ0v) is 8.65. The molecule has 2 unspecified atom stereocenters. The van der Waals surface area contributed by atoms with E-state index in [1.165, 1.54) is 0 Å². The molecule has 3 rings (SSSR count). The van der Waals surface area contributed by atoms with Crippen LogP contribution in [-0.2, 0) is 4.74 Å². The number of rotatable bonds is 0. The molecule has 0 aromatic heterocycles. The molecule has 2 aliphatic rings. The number of fused-ring (bicyclic) bond motifs is 3. The second-order valence-corrected chi connectivity index (χ2v) is 4.52. The van der Waals surface area contributed by atoms with Crippen molar-refractivity contribution in [2.24, 2.45) is 0 Å². The van der Waals surface area contributed by atoms with Crippen LogP contribution in [0, 0.1) is 6.57 Å². The van der Waals surface area contributed by atoms with Crippen molar-refractivity contribution in [1.29, 1.82) is 0 Å². The third kappa shape index (κ3) is 1.15. The van der Waals surface area contributed by atoms with Gasteiger partial charge in [-0.05, 0) is 26.0 Å². The van der Waals surface area contributed by atoms with Gasteiger partial charge in [-0.2, -0.15) is 0 Å². The van der Waals surface area contributed by atoms with Crippen molar-refractivity contribution < 1.29 is 9.47 Å². The number of ether oxygens (including phenoxy) is 2. The number of nitrogens with zero attached hydrogens (tertiary/aromatic N) is 1. The third-order valence-corrected chi connectivity index (χ3v) is 2.98. The van der Waals surface area contributed by atoms with Gasteiger partial charge >= 0.3 is 0 Å². The molecule has 15 heavy (non-hydrogen) atoms. The van der Waals surface area contributed by atoms with E-state index >= 15 is 0 Å². The van der Waals surface area contributed by atoms with E-state index < -0.39 is 0 Å². The Morgan fingerprint density at radius 2 is 2.20 bits per heavy atom. The predicted octanol–water partition coefficient (Wildman–Crippen LogP) is 2.85. The van der Waals surface area contributed by atoms with E-state index in [0.717, 1.165) is 11.3 Å². The van der Waals surface area contributed by atoms with Crippen LogP contribution in [0.1, 0.15) is 25.5 Å². The number of hydrogen-bond acceptors (Lipinski definition) is 2. The van der Waals surface area contributed by atoms with Gasteiger partial charge in [0.2, 0.25) is 0 Å². The molecule has 0 spiro atoms. The molecule has 1 saturated heterocycles. The Balaban J connectivity index is 2.10. The molecule has 3 nitrogen and oxygen atoms in total. The van der Waals surface area contributed by atoms with Crippen LogP contribution < -0.4 is 4.74 Å². The van der Waals surface area contributed by atoms with Crippen LogP contribution in [0.25, 0.3) is 4.85 Å². The average Bonchev–Trinajstić information content (AvgIpc) is 2.97. The number of hydrogen-bond donors (Lipinski definition) is 0. The second-order valence-electron chi connectivity index (χ2n) is 4.52. The van der Waals surface area contributed by atoms with E-state index in [2.05, 4.69) is 4.85 Å². The minimum Gasteiger partial charge on any atom is -0.485 e. The summed E-state index contributed by atoms with van der Waals surface area (Å²) in [7, 11) is 0. The Hall–Kier alpha value is -1.53. The maximum absolute atomic E-state index is 6.96. The van der Waals surface area contributed by atoms with E-state index in [1.54, 1.807) is 6.07 Å². The summed E-state index contributed by atoms with van der Waals surface area (Å²) in [5.74, 6) is 0.853. The van der Waals surface area contributed by atoms with Gasteiger partial charge in [-0.15, -0.1) is 0 Å². The van der Waals surface area contributed by atoms with Crippen molar-refractivity contribution >= 4 is 5.69 Å². The molecule has 0 bridgehead atoms. The lowest BCUT2D eigenvalue weighted by molar-refractivity contribution is 0.0725. The van der Waals surface area contributed by atoms with Gasteiger partial charge in [0, 0.05) is 5.56 Å². The molecule has 1 aromatic rings. The summed E-state index contributed by atoms with van der Waals surface area (Å²) in [6, 6.07) is 5.51. The Labute approximate surface area is 88.4 Å². The largest absolute Gasteiger partial charge is 0.485 e. The Morgan fingerprint density at radius 3 is 2.93 bits per heavy atom. The minimum atomic E-state index is -0.253. The summed E-state index contributed by atoms with van der Waals surface area (Å²) < 4.78 is 11.4. The van der Waals surface area contributed by atoms with Crippen molar-refractivity contribution in [3.63, 3.8) is 0 Å². The van der Waals surface area contributed by atoms with Gasteiger partial charge in [0.25, 0.3) is 0 Å². The van der Waals surface area contributed by atoms with Crippen molar-refractivity contribution in [1.82, 2.24) is 0 Å². The Bertz CT molecular complexity index is 473. The topological polar surface area (TPSA) is 26.1 Å². The lowest BCUT2D eigenvalue weighted by Crippen LogP contribution is -2.37. The molecular weight excluding hydrogens is 190 g/mol.